The van der Waals surface area contributed by atoms with Crippen LogP contribution in [0.5, 0.6) is 5.75 Å². The monoisotopic (exact) mass is 319 g/mol. The van der Waals surface area contributed by atoms with Crippen LogP contribution in [0.15, 0.2) is 40.6 Å². The minimum absolute atomic E-state index is 0.188. The fourth-order valence-corrected chi connectivity index (χ4v) is 2.19. The number of aromatic nitrogens is 2. The van der Waals surface area contributed by atoms with E-state index < -0.39 is 0 Å². The Balaban J connectivity index is 1.84. The smallest absolute Gasteiger partial charge is 0.255 e. The molecule has 96 valence electrons. The van der Waals surface area contributed by atoms with E-state index >= 15 is 0 Å². The second-order valence-electron chi connectivity index (χ2n) is 4.08. The standard InChI is InChI=1S/C13H10BrN3O2/c14-10-1-2-12-8(4-10)3-9(7-19-12)13(18)17-11-5-15-16-6-11/h1-6H,7H2,(H,15,16)(H,17,18). The van der Waals surface area contributed by atoms with Gasteiger partial charge in [-0.05, 0) is 24.3 Å². The highest BCUT2D eigenvalue weighted by Crippen LogP contribution is 2.29. The predicted molar refractivity (Wildman–Crippen MR) is 74.8 cm³/mol. The van der Waals surface area contributed by atoms with Gasteiger partial charge in [0, 0.05) is 16.2 Å². The lowest BCUT2D eigenvalue weighted by Crippen LogP contribution is -2.21. The molecule has 0 unspecified atom stereocenters. The number of nitrogens with one attached hydrogen (secondary N) is 2. The molecule has 0 spiro atoms. The number of amides is 1. The number of fused-ring (bicyclic) bond motifs is 1. The average molecular weight is 320 g/mol. The Kier molecular flexibility index (Phi) is 3.08. The number of halogens is 1. The van der Waals surface area contributed by atoms with Crippen molar-refractivity contribution < 1.29 is 9.53 Å². The summed E-state index contributed by atoms with van der Waals surface area (Å²) in [5.41, 5.74) is 2.09. The summed E-state index contributed by atoms with van der Waals surface area (Å²) in [5.74, 6) is 0.593. The van der Waals surface area contributed by atoms with Gasteiger partial charge in [-0.1, -0.05) is 15.9 Å². The van der Waals surface area contributed by atoms with Gasteiger partial charge in [-0.2, -0.15) is 5.10 Å². The van der Waals surface area contributed by atoms with E-state index in [9.17, 15) is 4.79 Å². The predicted octanol–water partition coefficient (Wildman–Crippen LogP) is 2.59. The third-order valence-electron chi connectivity index (χ3n) is 2.73. The Hall–Kier alpha value is -2.08. The summed E-state index contributed by atoms with van der Waals surface area (Å²) in [5, 5.41) is 9.16. The zero-order valence-electron chi connectivity index (χ0n) is 9.81. The van der Waals surface area contributed by atoms with Crippen molar-refractivity contribution in [3.05, 3.63) is 46.2 Å². The Bertz CT molecular complexity index is 650. The molecule has 3 rings (SSSR count). The molecule has 6 heteroatoms. The normalized spacial score (nSPS) is 13.2. The van der Waals surface area contributed by atoms with E-state index in [0.29, 0.717) is 11.3 Å². The first-order chi connectivity index (χ1) is 9.22. The summed E-state index contributed by atoms with van der Waals surface area (Å²) in [4.78, 5) is 12.0. The SMILES string of the molecule is O=C(Nc1cn[nH]c1)C1=Cc2cc(Br)ccc2OC1. The number of aromatic amines is 1. The molecule has 5 nitrogen and oxygen atoms in total. The number of rotatable bonds is 2. The number of carbonyl (C=O) groups is 1. The lowest BCUT2D eigenvalue weighted by molar-refractivity contribution is -0.113. The Morgan fingerprint density at radius 3 is 3.16 bits per heavy atom. The van der Waals surface area contributed by atoms with Crippen molar-refractivity contribution in [2.45, 2.75) is 0 Å². The number of benzene rings is 1. The molecule has 0 saturated heterocycles. The molecule has 2 N–H and O–H groups in total. The van der Waals surface area contributed by atoms with Crippen LogP contribution in [0.25, 0.3) is 6.08 Å². The molecular weight excluding hydrogens is 310 g/mol. The first-order valence-corrected chi connectivity index (χ1v) is 6.45. The molecule has 0 atom stereocenters. The van der Waals surface area contributed by atoms with Gasteiger partial charge in [-0.3, -0.25) is 9.89 Å². The van der Waals surface area contributed by atoms with Gasteiger partial charge >= 0.3 is 0 Å². The minimum atomic E-state index is -0.188. The molecule has 2 heterocycles. The molecule has 0 bridgehead atoms. The quantitative estimate of drug-likeness (QED) is 0.894. The summed E-state index contributed by atoms with van der Waals surface area (Å²) in [6, 6.07) is 5.70. The third-order valence-corrected chi connectivity index (χ3v) is 3.23. The van der Waals surface area contributed by atoms with Crippen LogP contribution in [0.1, 0.15) is 5.56 Å². The molecule has 1 aliphatic heterocycles. The van der Waals surface area contributed by atoms with E-state index in [2.05, 4.69) is 31.4 Å². The summed E-state index contributed by atoms with van der Waals surface area (Å²) in [6.45, 7) is 0.262. The highest BCUT2D eigenvalue weighted by atomic mass is 79.9. The van der Waals surface area contributed by atoms with Gasteiger partial charge < -0.3 is 10.1 Å². The number of ether oxygens (including phenoxy) is 1. The topological polar surface area (TPSA) is 67.0 Å². The average Bonchev–Trinajstić information content (AvgIpc) is 2.90. The van der Waals surface area contributed by atoms with Crippen molar-refractivity contribution in [2.75, 3.05) is 11.9 Å². The highest BCUT2D eigenvalue weighted by molar-refractivity contribution is 9.10. The maximum absolute atomic E-state index is 12.0. The molecule has 0 fully saturated rings. The summed E-state index contributed by atoms with van der Waals surface area (Å²) in [6.07, 6.45) is 5.00. The number of anilines is 1. The maximum atomic E-state index is 12.0. The zero-order chi connectivity index (χ0) is 13.2. The molecule has 0 radical (unpaired) electrons. The van der Waals surface area contributed by atoms with E-state index in [4.69, 9.17) is 4.74 Å². The fourth-order valence-electron chi connectivity index (χ4n) is 1.81. The van der Waals surface area contributed by atoms with Gasteiger partial charge in [-0.25, -0.2) is 0 Å². The van der Waals surface area contributed by atoms with Crippen LogP contribution in [0, 0.1) is 0 Å². The van der Waals surface area contributed by atoms with E-state index in [1.54, 1.807) is 12.4 Å². The number of hydrogen-bond acceptors (Lipinski definition) is 3. The van der Waals surface area contributed by atoms with E-state index in [-0.39, 0.29) is 12.5 Å². The summed E-state index contributed by atoms with van der Waals surface area (Å²) in [7, 11) is 0. The van der Waals surface area contributed by atoms with E-state index in [0.717, 1.165) is 15.8 Å². The second kappa shape index (κ2) is 4.89. The van der Waals surface area contributed by atoms with E-state index in [1.807, 2.05) is 24.3 Å². The zero-order valence-corrected chi connectivity index (χ0v) is 11.4. The summed E-state index contributed by atoms with van der Waals surface area (Å²) >= 11 is 3.40. The van der Waals surface area contributed by atoms with Crippen LogP contribution in [0.2, 0.25) is 0 Å². The van der Waals surface area contributed by atoms with Crippen LogP contribution in [-0.4, -0.2) is 22.7 Å². The molecule has 19 heavy (non-hydrogen) atoms. The largest absolute Gasteiger partial charge is 0.488 e. The van der Waals surface area contributed by atoms with Crippen molar-refractivity contribution in [1.29, 1.82) is 0 Å². The third kappa shape index (κ3) is 2.53. The minimum Gasteiger partial charge on any atom is -0.488 e. The molecule has 1 aliphatic rings. The molecular formula is C13H10BrN3O2. The fraction of sp³-hybridized carbons (Fsp3) is 0.0769. The van der Waals surface area contributed by atoms with Gasteiger partial charge in [0.15, 0.2) is 0 Å². The number of nitrogens with zero attached hydrogens (tertiary/aromatic N) is 1. The van der Waals surface area contributed by atoms with Crippen LogP contribution in [-0.2, 0) is 4.79 Å². The Morgan fingerprint density at radius 2 is 2.37 bits per heavy atom. The molecule has 1 aromatic carbocycles. The van der Waals surface area contributed by atoms with Crippen LogP contribution in [0.4, 0.5) is 5.69 Å². The molecule has 2 aromatic rings. The van der Waals surface area contributed by atoms with Crippen LogP contribution < -0.4 is 10.1 Å². The second-order valence-corrected chi connectivity index (χ2v) is 5.00. The van der Waals surface area contributed by atoms with Gasteiger partial charge in [0.25, 0.3) is 5.91 Å². The molecule has 1 aromatic heterocycles. The number of hydrogen-bond donors (Lipinski definition) is 2. The lowest BCUT2D eigenvalue weighted by Gasteiger charge is -2.17. The maximum Gasteiger partial charge on any atom is 0.255 e. The first-order valence-electron chi connectivity index (χ1n) is 5.65. The summed E-state index contributed by atoms with van der Waals surface area (Å²) < 4.78 is 6.50. The molecule has 0 saturated carbocycles. The van der Waals surface area contributed by atoms with Crippen LogP contribution >= 0.6 is 15.9 Å². The highest BCUT2D eigenvalue weighted by Gasteiger charge is 2.17. The molecule has 1 amide bonds. The van der Waals surface area contributed by atoms with Crippen molar-refractivity contribution in [1.82, 2.24) is 10.2 Å². The Labute approximate surface area is 117 Å². The van der Waals surface area contributed by atoms with Gasteiger partial charge in [0.05, 0.1) is 17.5 Å². The first kappa shape index (κ1) is 12.0. The van der Waals surface area contributed by atoms with Gasteiger partial charge in [0.1, 0.15) is 12.4 Å². The van der Waals surface area contributed by atoms with Crippen molar-refractivity contribution >= 4 is 33.6 Å². The molecule has 0 aliphatic carbocycles. The van der Waals surface area contributed by atoms with Crippen LogP contribution in [0.3, 0.4) is 0 Å². The number of carbonyl (C=O) groups excluding carboxylic acids is 1. The van der Waals surface area contributed by atoms with Gasteiger partial charge in [0.2, 0.25) is 0 Å². The van der Waals surface area contributed by atoms with Crippen molar-refractivity contribution in [3.63, 3.8) is 0 Å². The van der Waals surface area contributed by atoms with Gasteiger partial charge in [-0.15, -0.1) is 0 Å². The Morgan fingerprint density at radius 1 is 1.47 bits per heavy atom. The van der Waals surface area contributed by atoms with E-state index in [1.165, 1.54) is 0 Å². The van der Waals surface area contributed by atoms with Crippen molar-refractivity contribution in [2.24, 2.45) is 0 Å². The number of H-pyrrole nitrogens is 1. The van der Waals surface area contributed by atoms with Crippen molar-refractivity contribution in [3.8, 4) is 5.75 Å². The lowest BCUT2D eigenvalue weighted by atomic mass is 10.1.